The number of nitrogen functional groups attached to an aromatic ring is 1. The van der Waals surface area contributed by atoms with Gasteiger partial charge >= 0.3 is 0 Å². The molecular formula is C10H8N6O. The van der Waals surface area contributed by atoms with Crippen molar-refractivity contribution in [3.05, 3.63) is 30.5 Å². The first-order valence-electron chi connectivity index (χ1n) is 4.89. The number of nitrogens with one attached hydrogen (secondary N) is 1. The Balaban J connectivity index is 2.04. The lowest BCUT2D eigenvalue weighted by molar-refractivity contribution is 0.431. The Morgan fingerprint density at radius 2 is 2.12 bits per heavy atom. The first kappa shape index (κ1) is 9.52. The minimum Gasteiger partial charge on any atom is -0.398 e. The van der Waals surface area contributed by atoms with Crippen molar-refractivity contribution < 1.29 is 4.52 Å². The van der Waals surface area contributed by atoms with Gasteiger partial charge in [0.25, 0.3) is 5.89 Å². The molecule has 84 valence electrons. The van der Waals surface area contributed by atoms with Crippen LogP contribution in [0, 0.1) is 0 Å². The van der Waals surface area contributed by atoms with Gasteiger partial charge in [-0.2, -0.15) is 20.4 Å². The van der Waals surface area contributed by atoms with E-state index < -0.39 is 0 Å². The molecule has 2 aromatic heterocycles. The summed E-state index contributed by atoms with van der Waals surface area (Å²) < 4.78 is 5.08. The van der Waals surface area contributed by atoms with Crippen LogP contribution < -0.4 is 5.73 Å². The van der Waals surface area contributed by atoms with Gasteiger partial charge in [0.2, 0.25) is 5.82 Å². The third kappa shape index (κ3) is 1.63. The largest absolute Gasteiger partial charge is 0.398 e. The first-order valence-corrected chi connectivity index (χ1v) is 4.89. The molecule has 0 saturated heterocycles. The molecule has 0 unspecified atom stereocenters. The smallest absolute Gasteiger partial charge is 0.280 e. The fraction of sp³-hybridized carbons (Fsp3) is 0. The Bertz CT molecular complexity index is 630. The second-order valence-electron chi connectivity index (χ2n) is 3.37. The predicted octanol–water partition coefficient (Wildman–Crippen LogP) is 1.10. The third-order valence-corrected chi connectivity index (χ3v) is 2.26. The van der Waals surface area contributed by atoms with Crippen molar-refractivity contribution in [2.75, 3.05) is 5.73 Å². The van der Waals surface area contributed by atoms with E-state index in [4.69, 9.17) is 10.3 Å². The summed E-state index contributed by atoms with van der Waals surface area (Å²) in [5.41, 5.74) is 7.65. The maximum absolute atomic E-state index is 5.82. The summed E-state index contributed by atoms with van der Waals surface area (Å²) >= 11 is 0. The van der Waals surface area contributed by atoms with Gasteiger partial charge in [-0.15, -0.1) is 0 Å². The van der Waals surface area contributed by atoms with E-state index in [2.05, 4.69) is 25.6 Å². The van der Waals surface area contributed by atoms with Crippen molar-refractivity contribution >= 4 is 5.69 Å². The van der Waals surface area contributed by atoms with E-state index in [1.165, 1.54) is 6.20 Å². The minimum absolute atomic E-state index is 0.303. The molecule has 3 aromatic rings. The molecule has 0 bridgehead atoms. The summed E-state index contributed by atoms with van der Waals surface area (Å²) in [5, 5.41) is 13.9. The molecule has 1 aromatic carbocycles. The van der Waals surface area contributed by atoms with E-state index in [1.54, 1.807) is 6.07 Å². The maximum atomic E-state index is 5.82. The zero-order valence-electron chi connectivity index (χ0n) is 8.66. The number of hydrogen-bond acceptors (Lipinski definition) is 6. The quantitative estimate of drug-likeness (QED) is 0.636. The second-order valence-corrected chi connectivity index (χ2v) is 3.37. The maximum Gasteiger partial charge on any atom is 0.280 e. The van der Waals surface area contributed by atoms with Gasteiger partial charge in [-0.3, -0.25) is 0 Å². The predicted molar refractivity (Wildman–Crippen MR) is 59.5 cm³/mol. The van der Waals surface area contributed by atoms with Gasteiger partial charge in [0.05, 0.1) is 6.20 Å². The van der Waals surface area contributed by atoms with Gasteiger partial charge in [0.15, 0.2) is 5.69 Å². The van der Waals surface area contributed by atoms with Gasteiger partial charge in [-0.1, -0.05) is 17.3 Å². The van der Waals surface area contributed by atoms with E-state index in [1.807, 2.05) is 18.2 Å². The first-order chi connectivity index (χ1) is 8.34. The fourth-order valence-electron chi connectivity index (χ4n) is 1.44. The Morgan fingerprint density at radius 3 is 2.88 bits per heavy atom. The number of anilines is 1. The topological polar surface area (TPSA) is 107 Å². The Morgan fingerprint density at radius 1 is 1.24 bits per heavy atom. The molecule has 0 aliphatic rings. The molecular weight excluding hydrogens is 220 g/mol. The average molecular weight is 228 g/mol. The van der Waals surface area contributed by atoms with E-state index >= 15 is 0 Å². The highest BCUT2D eigenvalue weighted by atomic mass is 16.5. The number of rotatable bonds is 2. The van der Waals surface area contributed by atoms with Crippen molar-refractivity contribution in [1.82, 2.24) is 25.6 Å². The van der Waals surface area contributed by atoms with Gasteiger partial charge in [0, 0.05) is 11.3 Å². The number of aromatic nitrogens is 5. The standard InChI is InChI=1S/C10H8N6O/c11-7-4-2-1-3-6(7)9-13-10(17-15-9)8-5-12-16-14-8/h1-5H,11H2,(H,12,14,16). The summed E-state index contributed by atoms with van der Waals surface area (Å²) in [5.74, 6) is 0.734. The lowest BCUT2D eigenvalue weighted by atomic mass is 10.2. The van der Waals surface area contributed by atoms with E-state index in [0.29, 0.717) is 23.1 Å². The van der Waals surface area contributed by atoms with Gasteiger partial charge < -0.3 is 10.3 Å². The zero-order valence-corrected chi connectivity index (χ0v) is 8.66. The highest BCUT2D eigenvalue weighted by Crippen LogP contribution is 2.24. The second kappa shape index (κ2) is 3.71. The van der Waals surface area contributed by atoms with Crippen molar-refractivity contribution in [2.24, 2.45) is 0 Å². The number of benzene rings is 1. The molecule has 7 heteroatoms. The monoisotopic (exact) mass is 228 g/mol. The Hall–Kier alpha value is -2.70. The van der Waals surface area contributed by atoms with Crippen molar-refractivity contribution in [2.45, 2.75) is 0 Å². The molecule has 0 fully saturated rings. The van der Waals surface area contributed by atoms with Crippen LogP contribution in [0.25, 0.3) is 23.0 Å². The summed E-state index contributed by atoms with van der Waals surface area (Å²) in [7, 11) is 0. The summed E-state index contributed by atoms with van der Waals surface area (Å²) in [4.78, 5) is 4.20. The zero-order chi connectivity index (χ0) is 11.7. The van der Waals surface area contributed by atoms with Crippen molar-refractivity contribution in [1.29, 1.82) is 0 Å². The molecule has 0 aliphatic carbocycles. The molecule has 2 heterocycles. The molecule has 3 rings (SSSR count). The molecule has 0 spiro atoms. The third-order valence-electron chi connectivity index (χ3n) is 2.26. The van der Waals surface area contributed by atoms with E-state index in [-0.39, 0.29) is 0 Å². The van der Waals surface area contributed by atoms with Gasteiger partial charge in [-0.05, 0) is 12.1 Å². The molecule has 0 radical (unpaired) electrons. The number of hydrogen-bond donors (Lipinski definition) is 2. The highest BCUT2D eigenvalue weighted by molar-refractivity contribution is 5.71. The number of nitrogens with two attached hydrogens (primary N) is 1. The van der Waals surface area contributed by atoms with Gasteiger partial charge in [-0.25, -0.2) is 0 Å². The molecule has 17 heavy (non-hydrogen) atoms. The number of aromatic amines is 1. The van der Waals surface area contributed by atoms with Crippen LogP contribution in [-0.2, 0) is 0 Å². The van der Waals surface area contributed by atoms with Crippen LogP contribution in [-0.4, -0.2) is 25.6 Å². The lowest BCUT2D eigenvalue weighted by Gasteiger charge is -1.97. The van der Waals surface area contributed by atoms with Crippen LogP contribution in [0.1, 0.15) is 0 Å². The fourth-order valence-corrected chi connectivity index (χ4v) is 1.44. The van der Waals surface area contributed by atoms with E-state index in [0.717, 1.165) is 5.56 Å². The average Bonchev–Trinajstić information content (AvgIpc) is 3.00. The minimum atomic E-state index is 0.303. The molecule has 0 atom stereocenters. The lowest BCUT2D eigenvalue weighted by Crippen LogP contribution is -1.90. The van der Waals surface area contributed by atoms with Crippen LogP contribution in [0.4, 0.5) is 5.69 Å². The van der Waals surface area contributed by atoms with Crippen molar-refractivity contribution in [3.63, 3.8) is 0 Å². The SMILES string of the molecule is Nc1ccccc1-c1noc(-c2cn[nH]n2)n1. The van der Waals surface area contributed by atoms with Crippen LogP contribution in [0.15, 0.2) is 35.0 Å². The Kier molecular flexibility index (Phi) is 2.08. The van der Waals surface area contributed by atoms with Gasteiger partial charge in [0.1, 0.15) is 0 Å². The Labute approximate surface area is 95.7 Å². The molecule has 0 amide bonds. The van der Waals surface area contributed by atoms with Crippen molar-refractivity contribution in [3.8, 4) is 23.0 Å². The highest BCUT2D eigenvalue weighted by Gasteiger charge is 2.13. The number of para-hydroxylation sites is 1. The van der Waals surface area contributed by atoms with Crippen LogP contribution in [0.3, 0.4) is 0 Å². The number of nitrogens with zero attached hydrogens (tertiary/aromatic N) is 4. The van der Waals surface area contributed by atoms with Crippen LogP contribution in [0.5, 0.6) is 0 Å². The van der Waals surface area contributed by atoms with E-state index in [9.17, 15) is 0 Å². The molecule has 0 saturated carbocycles. The molecule has 0 aliphatic heterocycles. The molecule has 3 N–H and O–H groups in total. The van der Waals surface area contributed by atoms with Crippen LogP contribution >= 0.6 is 0 Å². The summed E-state index contributed by atoms with van der Waals surface area (Å²) in [6.45, 7) is 0. The molecule has 7 nitrogen and oxygen atoms in total. The van der Waals surface area contributed by atoms with Crippen LogP contribution in [0.2, 0.25) is 0 Å². The normalized spacial score (nSPS) is 10.6. The summed E-state index contributed by atoms with van der Waals surface area (Å²) in [6, 6.07) is 7.31. The summed E-state index contributed by atoms with van der Waals surface area (Å²) in [6.07, 6.45) is 1.51. The number of H-pyrrole nitrogens is 1.